The van der Waals surface area contributed by atoms with E-state index < -0.39 is 10.0 Å². The number of amides is 1. The molecule has 1 aliphatic rings. The maximum Gasteiger partial charge on any atom is 0.254 e. The highest BCUT2D eigenvalue weighted by Gasteiger charge is 2.24. The van der Waals surface area contributed by atoms with Crippen molar-refractivity contribution in [3.05, 3.63) is 46.3 Å². The average molecular weight is 378 g/mol. The van der Waals surface area contributed by atoms with Crippen molar-refractivity contribution in [3.63, 3.8) is 0 Å². The Morgan fingerprint density at radius 3 is 2.65 bits per heavy atom. The van der Waals surface area contributed by atoms with Crippen molar-refractivity contribution in [3.8, 4) is 0 Å². The number of aliphatic hydroxyl groups is 1. The highest BCUT2D eigenvalue weighted by Crippen LogP contribution is 2.23. The normalized spacial score (nSPS) is 14.8. The van der Waals surface area contributed by atoms with Gasteiger partial charge in [-0.25, -0.2) is 13.6 Å². The molecule has 3 rings (SSSR count). The maximum absolute atomic E-state index is 13.0. The summed E-state index contributed by atoms with van der Waals surface area (Å²) in [4.78, 5) is 14.6. The molecule has 0 atom stereocenters. The highest BCUT2D eigenvalue weighted by molar-refractivity contribution is 7.89. The first-order valence-electron chi connectivity index (χ1n) is 8.30. The van der Waals surface area contributed by atoms with Gasteiger partial charge in [-0.2, -0.15) is 5.10 Å². The average Bonchev–Trinajstić information content (AvgIpc) is 2.86. The number of hydrogen-bond acceptors (Lipinski definition) is 5. The van der Waals surface area contributed by atoms with Gasteiger partial charge in [0.15, 0.2) is 0 Å². The number of nitrogens with zero attached hydrogens (tertiary/aromatic N) is 3. The fourth-order valence-corrected chi connectivity index (χ4v) is 4.08. The van der Waals surface area contributed by atoms with Gasteiger partial charge >= 0.3 is 0 Å². The van der Waals surface area contributed by atoms with E-state index in [1.165, 1.54) is 6.07 Å². The third-order valence-electron chi connectivity index (χ3n) is 4.69. The summed E-state index contributed by atoms with van der Waals surface area (Å²) in [6.07, 6.45) is 0.720. The van der Waals surface area contributed by atoms with Crippen LogP contribution in [0, 0.1) is 13.8 Å². The van der Waals surface area contributed by atoms with Crippen molar-refractivity contribution < 1.29 is 18.3 Å². The number of fused-ring (bicyclic) bond motifs is 1. The monoisotopic (exact) mass is 378 g/mol. The Balaban J connectivity index is 1.95. The molecule has 1 aliphatic heterocycles. The number of aliphatic hydroxyl groups excluding tert-OH is 1. The minimum atomic E-state index is -3.91. The smallest absolute Gasteiger partial charge is 0.254 e. The largest absolute Gasteiger partial charge is 0.390 e. The Morgan fingerprint density at radius 1 is 1.27 bits per heavy atom. The van der Waals surface area contributed by atoms with Crippen LogP contribution < -0.4 is 5.14 Å². The number of primary sulfonamides is 1. The van der Waals surface area contributed by atoms with Gasteiger partial charge in [0, 0.05) is 18.7 Å². The molecule has 0 radical (unpaired) electrons. The zero-order valence-electron chi connectivity index (χ0n) is 14.8. The second-order valence-corrected chi connectivity index (χ2v) is 8.08. The SMILES string of the molecule is Cc1cc(C(=O)N2CCCn3nc(CO)cc3C2)cc(S(N)(=O)=O)c1C. The van der Waals surface area contributed by atoms with E-state index in [9.17, 15) is 18.3 Å². The molecule has 0 bridgehead atoms. The van der Waals surface area contributed by atoms with E-state index in [0.717, 1.165) is 12.1 Å². The van der Waals surface area contributed by atoms with E-state index in [0.29, 0.717) is 42.0 Å². The first-order chi connectivity index (χ1) is 12.2. The van der Waals surface area contributed by atoms with Crippen LogP contribution in [0.4, 0.5) is 0 Å². The predicted octanol–water partition coefficient (Wildman–Crippen LogP) is 0.686. The van der Waals surface area contributed by atoms with E-state index in [2.05, 4.69) is 5.10 Å². The van der Waals surface area contributed by atoms with Crippen LogP contribution in [0.25, 0.3) is 0 Å². The van der Waals surface area contributed by atoms with Gasteiger partial charge in [-0.1, -0.05) is 0 Å². The summed E-state index contributed by atoms with van der Waals surface area (Å²) in [5.41, 5.74) is 2.95. The van der Waals surface area contributed by atoms with Crippen LogP contribution in [0.15, 0.2) is 23.1 Å². The molecule has 8 nitrogen and oxygen atoms in total. The Morgan fingerprint density at radius 2 is 2.00 bits per heavy atom. The zero-order chi connectivity index (χ0) is 19.1. The maximum atomic E-state index is 13.0. The Labute approximate surface area is 152 Å². The molecular weight excluding hydrogens is 356 g/mol. The number of carbonyl (C=O) groups excluding carboxylic acids is 1. The number of nitrogens with two attached hydrogens (primary N) is 1. The molecule has 1 aromatic heterocycles. The summed E-state index contributed by atoms with van der Waals surface area (Å²) < 4.78 is 25.5. The molecule has 2 heterocycles. The molecule has 0 saturated heterocycles. The number of aryl methyl sites for hydroxylation is 2. The van der Waals surface area contributed by atoms with Crippen LogP contribution in [0.2, 0.25) is 0 Å². The third-order valence-corrected chi connectivity index (χ3v) is 5.72. The van der Waals surface area contributed by atoms with Gasteiger partial charge in [-0.05, 0) is 49.6 Å². The van der Waals surface area contributed by atoms with E-state index in [1.807, 2.05) is 0 Å². The topological polar surface area (TPSA) is 119 Å². The van der Waals surface area contributed by atoms with E-state index in [1.54, 1.807) is 35.6 Å². The van der Waals surface area contributed by atoms with Crippen LogP contribution >= 0.6 is 0 Å². The van der Waals surface area contributed by atoms with Gasteiger partial charge in [0.25, 0.3) is 5.91 Å². The first kappa shape index (κ1) is 18.6. The minimum Gasteiger partial charge on any atom is -0.390 e. The summed E-state index contributed by atoms with van der Waals surface area (Å²) >= 11 is 0. The van der Waals surface area contributed by atoms with Crippen molar-refractivity contribution in [1.29, 1.82) is 0 Å². The van der Waals surface area contributed by atoms with Crippen molar-refractivity contribution >= 4 is 15.9 Å². The van der Waals surface area contributed by atoms with Gasteiger partial charge in [0.05, 0.1) is 29.4 Å². The molecule has 0 spiro atoms. The second kappa shape index (κ2) is 6.82. The molecule has 1 amide bonds. The summed E-state index contributed by atoms with van der Waals surface area (Å²) in [5, 5.41) is 18.8. The molecule has 2 aromatic rings. The fraction of sp³-hybridized carbons (Fsp3) is 0.412. The van der Waals surface area contributed by atoms with Crippen LogP contribution in [0.3, 0.4) is 0 Å². The summed E-state index contributed by atoms with van der Waals surface area (Å²) in [5.74, 6) is -0.252. The highest BCUT2D eigenvalue weighted by atomic mass is 32.2. The van der Waals surface area contributed by atoms with Crippen LogP contribution in [0.5, 0.6) is 0 Å². The lowest BCUT2D eigenvalue weighted by Gasteiger charge is -2.21. The van der Waals surface area contributed by atoms with Crippen molar-refractivity contribution in [1.82, 2.24) is 14.7 Å². The molecule has 9 heteroatoms. The lowest BCUT2D eigenvalue weighted by atomic mass is 10.1. The summed E-state index contributed by atoms with van der Waals surface area (Å²) in [7, 11) is -3.91. The fourth-order valence-electron chi connectivity index (χ4n) is 3.20. The van der Waals surface area contributed by atoms with Crippen molar-refractivity contribution in [2.75, 3.05) is 6.54 Å². The Bertz CT molecular complexity index is 965. The molecule has 140 valence electrons. The van der Waals surface area contributed by atoms with Gasteiger partial charge in [-0.15, -0.1) is 0 Å². The molecule has 26 heavy (non-hydrogen) atoms. The molecule has 3 N–H and O–H groups in total. The van der Waals surface area contributed by atoms with Gasteiger partial charge in [0.2, 0.25) is 10.0 Å². The molecule has 0 aliphatic carbocycles. The number of carbonyl (C=O) groups is 1. The summed E-state index contributed by atoms with van der Waals surface area (Å²) in [6.45, 7) is 4.82. The molecule has 0 unspecified atom stereocenters. The molecule has 0 fully saturated rings. The first-order valence-corrected chi connectivity index (χ1v) is 9.85. The number of aromatic nitrogens is 2. The standard InChI is InChI=1S/C17H22N4O4S/c1-11-6-13(7-16(12(11)2)26(18,24)25)17(23)20-4-3-5-21-15(9-20)8-14(10-22)19-21/h6-8,22H,3-5,9-10H2,1-2H3,(H2,18,24,25). The summed E-state index contributed by atoms with van der Waals surface area (Å²) in [6, 6.07) is 4.82. The quantitative estimate of drug-likeness (QED) is 0.814. The van der Waals surface area contributed by atoms with E-state index in [-0.39, 0.29) is 17.4 Å². The number of hydrogen-bond donors (Lipinski definition) is 2. The zero-order valence-corrected chi connectivity index (χ0v) is 15.6. The van der Waals surface area contributed by atoms with Crippen molar-refractivity contribution in [2.24, 2.45) is 5.14 Å². The Kier molecular flexibility index (Phi) is 4.87. The number of benzene rings is 1. The molecule has 1 aromatic carbocycles. The van der Waals surface area contributed by atoms with Crippen LogP contribution in [-0.2, 0) is 29.7 Å². The number of rotatable bonds is 3. The van der Waals surface area contributed by atoms with Crippen LogP contribution in [-0.4, -0.2) is 40.7 Å². The van der Waals surface area contributed by atoms with Gasteiger partial charge in [0.1, 0.15) is 0 Å². The minimum absolute atomic E-state index is 0.0247. The third kappa shape index (κ3) is 3.50. The lowest BCUT2D eigenvalue weighted by molar-refractivity contribution is 0.0745. The van der Waals surface area contributed by atoms with Crippen LogP contribution in [0.1, 0.15) is 39.3 Å². The molecule has 0 saturated carbocycles. The van der Waals surface area contributed by atoms with Gasteiger partial charge < -0.3 is 10.0 Å². The second-order valence-electron chi connectivity index (χ2n) is 6.55. The molecular formula is C17H22N4O4S. The van der Waals surface area contributed by atoms with E-state index in [4.69, 9.17) is 5.14 Å². The predicted molar refractivity (Wildman–Crippen MR) is 94.8 cm³/mol. The van der Waals surface area contributed by atoms with Gasteiger partial charge in [-0.3, -0.25) is 9.48 Å². The van der Waals surface area contributed by atoms with Crippen molar-refractivity contribution in [2.45, 2.75) is 44.9 Å². The van der Waals surface area contributed by atoms with E-state index >= 15 is 0 Å². The lowest BCUT2D eigenvalue weighted by Crippen LogP contribution is -2.31. The Hall–Kier alpha value is -2.23. The number of sulfonamides is 1.